The second-order valence-corrected chi connectivity index (χ2v) is 7.36. The van der Waals surface area contributed by atoms with E-state index in [0.717, 1.165) is 43.6 Å². The highest BCUT2D eigenvalue weighted by Crippen LogP contribution is 2.30. The molecule has 4 rings (SSSR count). The van der Waals surface area contributed by atoms with Crippen LogP contribution in [0.15, 0.2) is 59.0 Å². The molecule has 0 radical (unpaired) electrons. The van der Waals surface area contributed by atoms with Gasteiger partial charge >= 0.3 is 18.1 Å². The predicted octanol–water partition coefficient (Wildman–Crippen LogP) is 5.37. The van der Waals surface area contributed by atoms with Crippen molar-refractivity contribution in [2.24, 2.45) is 0 Å². The van der Waals surface area contributed by atoms with Crippen LogP contribution in [0.4, 0.5) is 23.7 Å². The van der Waals surface area contributed by atoms with Crippen molar-refractivity contribution >= 4 is 11.7 Å². The number of rotatable bonds is 4. The predicted molar refractivity (Wildman–Crippen MR) is 108 cm³/mol. The van der Waals surface area contributed by atoms with Crippen molar-refractivity contribution in [1.82, 2.24) is 15.1 Å². The van der Waals surface area contributed by atoms with Crippen LogP contribution in [-0.2, 0) is 12.7 Å². The van der Waals surface area contributed by atoms with Crippen molar-refractivity contribution < 1.29 is 22.4 Å². The summed E-state index contributed by atoms with van der Waals surface area (Å²) < 4.78 is 42.8. The van der Waals surface area contributed by atoms with Gasteiger partial charge in [0.2, 0.25) is 5.89 Å². The van der Waals surface area contributed by atoms with E-state index in [4.69, 9.17) is 4.42 Å². The molecule has 0 bridgehead atoms. The van der Waals surface area contributed by atoms with Crippen LogP contribution in [0.2, 0.25) is 0 Å². The van der Waals surface area contributed by atoms with E-state index in [1.165, 1.54) is 0 Å². The number of likely N-dealkylation sites (tertiary alicyclic amines) is 1. The lowest BCUT2D eigenvalue weighted by atomic mass is 10.1. The van der Waals surface area contributed by atoms with E-state index in [1.807, 2.05) is 35.2 Å². The molecule has 0 atom stereocenters. The maximum atomic E-state index is 13.2. The molecular weight excluding hydrogens is 409 g/mol. The number of carbonyl (C=O) groups is 1. The van der Waals surface area contributed by atoms with Crippen LogP contribution in [0.5, 0.6) is 0 Å². The monoisotopic (exact) mass is 430 g/mol. The molecule has 0 aliphatic carbocycles. The lowest BCUT2D eigenvalue weighted by Gasteiger charge is -2.33. The fourth-order valence-electron chi connectivity index (χ4n) is 3.52. The Morgan fingerprint density at radius 1 is 0.968 bits per heavy atom. The van der Waals surface area contributed by atoms with Gasteiger partial charge in [-0.3, -0.25) is 4.90 Å². The molecule has 2 heterocycles. The number of halogens is 3. The summed E-state index contributed by atoms with van der Waals surface area (Å²) >= 11 is 0. The number of aromatic nitrogens is 2. The van der Waals surface area contributed by atoms with Gasteiger partial charge in [-0.15, -0.1) is 10.2 Å². The molecule has 1 saturated heterocycles. The van der Waals surface area contributed by atoms with E-state index < -0.39 is 12.1 Å². The molecule has 2 aromatic carbocycles. The maximum absolute atomic E-state index is 13.2. The molecule has 0 unspecified atom stereocenters. The van der Waals surface area contributed by atoms with Gasteiger partial charge < -0.3 is 9.32 Å². The molecule has 1 fully saturated rings. The molecule has 6 nitrogen and oxygen atoms in total. The van der Waals surface area contributed by atoms with Crippen LogP contribution in [0.25, 0.3) is 11.5 Å². The first-order chi connectivity index (χ1) is 14.9. The summed E-state index contributed by atoms with van der Waals surface area (Å²) in [6, 6.07) is 16.1. The second-order valence-electron chi connectivity index (χ2n) is 7.36. The van der Waals surface area contributed by atoms with Gasteiger partial charge in [0.15, 0.2) is 0 Å². The Kier molecular flexibility index (Phi) is 5.92. The van der Waals surface area contributed by atoms with Gasteiger partial charge in [-0.25, -0.2) is 4.79 Å². The molecule has 1 aliphatic heterocycles. The summed E-state index contributed by atoms with van der Waals surface area (Å²) in [6.45, 7) is 1.80. The first kappa shape index (κ1) is 20.9. The van der Waals surface area contributed by atoms with Gasteiger partial charge in [0, 0.05) is 24.3 Å². The van der Waals surface area contributed by atoms with Crippen molar-refractivity contribution in [3.8, 4) is 11.5 Å². The van der Waals surface area contributed by atoms with Gasteiger partial charge in [-0.05, 0) is 49.1 Å². The third kappa shape index (κ3) is 4.87. The average molecular weight is 430 g/mol. The summed E-state index contributed by atoms with van der Waals surface area (Å²) in [7, 11) is 0. The van der Waals surface area contributed by atoms with Crippen LogP contribution >= 0.6 is 0 Å². The molecule has 31 heavy (non-hydrogen) atoms. The number of hydrogen-bond donors (Lipinski definition) is 0. The minimum atomic E-state index is -4.68. The molecule has 3 aromatic rings. The molecule has 162 valence electrons. The number of urea groups is 1. The zero-order valence-corrected chi connectivity index (χ0v) is 16.7. The number of piperidine rings is 1. The number of amides is 2. The van der Waals surface area contributed by atoms with Gasteiger partial charge in [0.25, 0.3) is 0 Å². The summed E-state index contributed by atoms with van der Waals surface area (Å²) in [5.74, 6) is -1.59. The Bertz CT molecular complexity index is 1010. The Morgan fingerprint density at radius 2 is 1.65 bits per heavy atom. The van der Waals surface area contributed by atoms with Crippen LogP contribution in [0.3, 0.4) is 0 Å². The maximum Gasteiger partial charge on any atom is 0.470 e. The number of nitrogens with zero attached hydrogens (tertiary/aromatic N) is 4. The fourth-order valence-corrected chi connectivity index (χ4v) is 3.52. The molecule has 2 amide bonds. The van der Waals surface area contributed by atoms with Gasteiger partial charge in [-0.2, -0.15) is 13.2 Å². The van der Waals surface area contributed by atoms with Crippen LogP contribution in [0.1, 0.15) is 30.7 Å². The van der Waals surface area contributed by atoms with Crippen molar-refractivity contribution in [3.05, 3.63) is 66.1 Å². The molecular formula is C22H21F3N4O2. The largest absolute Gasteiger partial charge is 0.470 e. The van der Waals surface area contributed by atoms with E-state index in [2.05, 4.69) is 10.2 Å². The number of alkyl halides is 3. The third-order valence-corrected chi connectivity index (χ3v) is 5.13. The minimum absolute atomic E-state index is 0.0540. The molecule has 1 aliphatic rings. The van der Waals surface area contributed by atoms with Crippen LogP contribution < -0.4 is 4.90 Å². The van der Waals surface area contributed by atoms with E-state index in [9.17, 15) is 18.0 Å². The van der Waals surface area contributed by atoms with Crippen LogP contribution in [0, 0.1) is 0 Å². The average Bonchev–Trinajstić information content (AvgIpc) is 3.30. The van der Waals surface area contributed by atoms with Gasteiger partial charge in [-0.1, -0.05) is 30.3 Å². The molecule has 9 heteroatoms. The summed E-state index contributed by atoms with van der Waals surface area (Å²) in [5.41, 5.74) is 1.99. The van der Waals surface area contributed by atoms with Crippen molar-refractivity contribution in [2.75, 3.05) is 18.0 Å². The fraction of sp³-hybridized carbons (Fsp3) is 0.318. The number of anilines is 1. The molecule has 1 aromatic heterocycles. The lowest BCUT2D eigenvalue weighted by molar-refractivity contribution is -0.156. The SMILES string of the molecule is O=C(N1CCCCC1)N(Cc1ccc(-c2nnc(C(F)(F)F)o2)cc1)c1ccccc1. The van der Waals surface area contributed by atoms with E-state index >= 15 is 0 Å². The quantitative estimate of drug-likeness (QED) is 0.559. The van der Waals surface area contributed by atoms with E-state index in [1.54, 1.807) is 29.2 Å². The molecule has 0 N–H and O–H groups in total. The first-order valence-corrected chi connectivity index (χ1v) is 10.0. The minimum Gasteiger partial charge on any atom is -0.413 e. The number of para-hydroxylation sites is 1. The van der Waals surface area contributed by atoms with Crippen LogP contribution in [-0.4, -0.2) is 34.2 Å². The number of carbonyl (C=O) groups excluding carboxylic acids is 1. The standard InChI is InChI=1S/C22H21F3N4O2/c23-22(24,25)20-27-26-19(31-20)17-11-9-16(10-12-17)15-29(18-7-3-1-4-8-18)21(30)28-13-5-2-6-14-28/h1,3-4,7-12H,2,5-6,13-15H2. The van der Waals surface area contributed by atoms with Gasteiger partial charge in [0.05, 0.1) is 6.54 Å². The highest BCUT2D eigenvalue weighted by atomic mass is 19.4. The lowest BCUT2D eigenvalue weighted by Crippen LogP contribution is -2.45. The Labute approximate surface area is 177 Å². The van der Waals surface area contributed by atoms with Gasteiger partial charge in [0.1, 0.15) is 0 Å². The Balaban J connectivity index is 1.54. The number of hydrogen-bond acceptors (Lipinski definition) is 4. The third-order valence-electron chi connectivity index (χ3n) is 5.13. The normalized spacial score (nSPS) is 14.5. The Morgan fingerprint density at radius 3 is 2.26 bits per heavy atom. The number of benzene rings is 2. The van der Waals surface area contributed by atoms with E-state index in [-0.39, 0.29) is 11.9 Å². The zero-order valence-electron chi connectivity index (χ0n) is 16.7. The topological polar surface area (TPSA) is 62.5 Å². The summed E-state index contributed by atoms with van der Waals surface area (Å²) in [4.78, 5) is 16.8. The Hall–Kier alpha value is -3.36. The smallest absolute Gasteiger partial charge is 0.413 e. The molecule has 0 saturated carbocycles. The first-order valence-electron chi connectivity index (χ1n) is 10.0. The molecule has 0 spiro atoms. The second kappa shape index (κ2) is 8.79. The van der Waals surface area contributed by atoms with Crippen molar-refractivity contribution in [3.63, 3.8) is 0 Å². The highest BCUT2D eigenvalue weighted by Gasteiger charge is 2.38. The summed E-state index contributed by atoms with van der Waals surface area (Å²) in [6.07, 6.45) is -1.57. The van der Waals surface area contributed by atoms with Crippen molar-refractivity contribution in [2.45, 2.75) is 32.0 Å². The highest BCUT2D eigenvalue weighted by molar-refractivity contribution is 5.92. The summed E-state index contributed by atoms with van der Waals surface area (Å²) in [5, 5.41) is 6.52. The zero-order chi connectivity index (χ0) is 21.8. The van der Waals surface area contributed by atoms with Crippen molar-refractivity contribution in [1.29, 1.82) is 0 Å². The van der Waals surface area contributed by atoms with E-state index in [0.29, 0.717) is 12.1 Å².